The molecule has 3 aromatic rings. The second-order valence-corrected chi connectivity index (χ2v) is 5.22. The molecule has 0 amide bonds. The van der Waals surface area contributed by atoms with Gasteiger partial charge >= 0.3 is 6.18 Å². The number of hydrogen-bond donors (Lipinski definition) is 1. The lowest BCUT2D eigenvalue weighted by molar-refractivity contribution is -0.138. The minimum absolute atomic E-state index is 0.151. The molecule has 0 saturated heterocycles. The van der Waals surface area contributed by atoms with Gasteiger partial charge in [0.2, 0.25) is 0 Å². The Hall–Kier alpha value is -2.90. The molecule has 0 aliphatic carbocycles. The first-order valence-corrected chi connectivity index (χ1v) is 7.54. The zero-order valence-electron chi connectivity index (χ0n) is 13.6. The van der Waals surface area contributed by atoms with E-state index in [-0.39, 0.29) is 12.4 Å². The van der Waals surface area contributed by atoms with E-state index in [1.165, 1.54) is 18.6 Å². The maximum absolute atomic E-state index is 13.3. The molecule has 5 nitrogen and oxygen atoms in total. The molecule has 0 radical (unpaired) electrons. The Morgan fingerprint density at radius 3 is 2.76 bits per heavy atom. The number of rotatable bonds is 4. The minimum atomic E-state index is -4.52. The van der Waals surface area contributed by atoms with Gasteiger partial charge in [0.05, 0.1) is 29.7 Å². The first kappa shape index (κ1) is 16.9. The maximum atomic E-state index is 13.3. The largest absolute Gasteiger partial charge is 0.493 e. The third-order valence-corrected chi connectivity index (χ3v) is 3.57. The number of H-pyrrole nitrogens is 1. The highest BCUT2D eigenvalue weighted by molar-refractivity contribution is 5.95. The summed E-state index contributed by atoms with van der Waals surface area (Å²) in [4.78, 5) is 15.4. The number of nitrogens with zero attached hydrogens (tertiary/aromatic N) is 3. The Balaban J connectivity index is 2.17. The number of halogens is 3. The number of ether oxygens (including phenoxy) is 1. The van der Waals surface area contributed by atoms with Crippen LogP contribution in [0.3, 0.4) is 0 Å². The van der Waals surface area contributed by atoms with E-state index in [0.29, 0.717) is 28.0 Å². The topological polar surface area (TPSA) is 63.2 Å². The Morgan fingerprint density at radius 1 is 1.28 bits per heavy atom. The minimum Gasteiger partial charge on any atom is -0.493 e. The molecule has 0 aliphatic rings. The van der Waals surface area contributed by atoms with E-state index in [4.69, 9.17) is 4.74 Å². The number of fused-ring (bicyclic) bond motifs is 1. The summed E-state index contributed by atoms with van der Waals surface area (Å²) in [5.41, 5.74) is 1.65. The summed E-state index contributed by atoms with van der Waals surface area (Å²) in [7, 11) is 1.59. The van der Waals surface area contributed by atoms with Crippen molar-refractivity contribution in [2.45, 2.75) is 13.1 Å². The SMILES string of the molecule is CCOc1ccc(-c2cc3[nH]cnc3c(C=NC)n2)cc1C(F)(F)F. The lowest BCUT2D eigenvalue weighted by Crippen LogP contribution is -2.09. The summed E-state index contributed by atoms with van der Waals surface area (Å²) in [6.07, 6.45) is -1.50. The van der Waals surface area contributed by atoms with Crippen LogP contribution in [0.1, 0.15) is 18.2 Å². The molecule has 0 spiro atoms. The molecule has 0 atom stereocenters. The summed E-state index contributed by atoms with van der Waals surface area (Å²) >= 11 is 0. The predicted octanol–water partition coefficient (Wildman–Crippen LogP) is 4.09. The number of pyridine rings is 1. The number of nitrogens with one attached hydrogen (secondary N) is 1. The van der Waals surface area contributed by atoms with Gasteiger partial charge in [-0.05, 0) is 31.2 Å². The summed E-state index contributed by atoms with van der Waals surface area (Å²) in [6, 6.07) is 5.57. The van der Waals surface area contributed by atoms with Crippen LogP contribution in [0.5, 0.6) is 5.75 Å². The number of imidazole rings is 1. The molecule has 0 bridgehead atoms. The fourth-order valence-electron chi connectivity index (χ4n) is 2.52. The molecule has 2 aromatic heterocycles. The zero-order valence-corrected chi connectivity index (χ0v) is 13.6. The number of aliphatic imine (C=N–C) groups is 1. The van der Waals surface area contributed by atoms with Crippen molar-refractivity contribution in [3.05, 3.63) is 41.9 Å². The number of benzene rings is 1. The Kier molecular flexibility index (Phi) is 4.43. The zero-order chi connectivity index (χ0) is 18.0. The van der Waals surface area contributed by atoms with Gasteiger partial charge in [-0.3, -0.25) is 4.99 Å². The van der Waals surface area contributed by atoms with E-state index >= 15 is 0 Å². The predicted molar refractivity (Wildman–Crippen MR) is 89.0 cm³/mol. The van der Waals surface area contributed by atoms with Crippen molar-refractivity contribution in [3.8, 4) is 17.0 Å². The number of alkyl halides is 3. The van der Waals surface area contributed by atoms with Crippen LogP contribution in [0.15, 0.2) is 35.6 Å². The average molecular weight is 348 g/mol. The van der Waals surface area contributed by atoms with Crippen LogP contribution in [-0.4, -0.2) is 34.8 Å². The van der Waals surface area contributed by atoms with Crippen LogP contribution < -0.4 is 4.74 Å². The summed E-state index contributed by atoms with van der Waals surface area (Å²) < 4.78 is 45.1. The van der Waals surface area contributed by atoms with E-state index in [0.717, 1.165) is 6.07 Å². The summed E-state index contributed by atoms with van der Waals surface area (Å²) in [5.74, 6) is -0.197. The molecule has 3 rings (SSSR count). The van der Waals surface area contributed by atoms with Crippen molar-refractivity contribution in [1.82, 2.24) is 15.0 Å². The van der Waals surface area contributed by atoms with Crippen LogP contribution in [0, 0.1) is 0 Å². The fraction of sp³-hybridized carbons (Fsp3) is 0.235. The first-order chi connectivity index (χ1) is 11.9. The lowest BCUT2D eigenvalue weighted by Gasteiger charge is -2.14. The number of hydrogen-bond acceptors (Lipinski definition) is 4. The summed E-state index contributed by atoms with van der Waals surface area (Å²) in [6.45, 7) is 1.79. The maximum Gasteiger partial charge on any atom is 0.419 e. The fourth-order valence-corrected chi connectivity index (χ4v) is 2.52. The van der Waals surface area contributed by atoms with Crippen molar-refractivity contribution in [2.24, 2.45) is 4.99 Å². The number of aromatic nitrogens is 3. The van der Waals surface area contributed by atoms with Crippen LogP contribution in [-0.2, 0) is 6.18 Å². The van der Waals surface area contributed by atoms with Crippen molar-refractivity contribution in [1.29, 1.82) is 0 Å². The molecule has 130 valence electrons. The standard InChI is InChI=1S/C17H15F3N4O/c1-3-25-15-5-4-10(6-11(15)17(18,19)20)12-7-13-16(23-9-22-13)14(24-12)8-21-2/h4-9H,3H2,1-2H3,(H,22,23). The molecule has 25 heavy (non-hydrogen) atoms. The molecule has 1 N–H and O–H groups in total. The van der Waals surface area contributed by atoms with Gasteiger partial charge in [0.1, 0.15) is 17.0 Å². The highest BCUT2D eigenvalue weighted by atomic mass is 19.4. The highest BCUT2D eigenvalue weighted by Crippen LogP contribution is 2.38. The normalized spacial score (nSPS) is 12.2. The van der Waals surface area contributed by atoms with Crippen LogP contribution in [0.25, 0.3) is 22.3 Å². The van der Waals surface area contributed by atoms with Crippen molar-refractivity contribution >= 4 is 17.2 Å². The van der Waals surface area contributed by atoms with E-state index < -0.39 is 11.7 Å². The van der Waals surface area contributed by atoms with Gasteiger partial charge < -0.3 is 9.72 Å². The van der Waals surface area contributed by atoms with Crippen molar-refractivity contribution in [3.63, 3.8) is 0 Å². The molecule has 0 fully saturated rings. The van der Waals surface area contributed by atoms with Gasteiger partial charge in [0.25, 0.3) is 0 Å². The van der Waals surface area contributed by atoms with E-state index in [9.17, 15) is 13.2 Å². The Labute approximate surface area is 141 Å². The highest BCUT2D eigenvalue weighted by Gasteiger charge is 2.34. The van der Waals surface area contributed by atoms with Gasteiger partial charge in [0, 0.05) is 18.8 Å². The first-order valence-electron chi connectivity index (χ1n) is 7.54. The van der Waals surface area contributed by atoms with Gasteiger partial charge in [-0.2, -0.15) is 13.2 Å². The Bertz CT molecular complexity index is 931. The Morgan fingerprint density at radius 2 is 2.08 bits per heavy atom. The second kappa shape index (κ2) is 6.54. The van der Waals surface area contributed by atoms with Crippen LogP contribution in [0.2, 0.25) is 0 Å². The molecule has 2 heterocycles. The van der Waals surface area contributed by atoms with Gasteiger partial charge in [-0.25, -0.2) is 9.97 Å². The van der Waals surface area contributed by atoms with Crippen molar-refractivity contribution < 1.29 is 17.9 Å². The van der Waals surface area contributed by atoms with E-state index in [1.807, 2.05) is 0 Å². The smallest absolute Gasteiger partial charge is 0.419 e. The van der Waals surface area contributed by atoms with Crippen LogP contribution in [0.4, 0.5) is 13.2 Å². The molecule has 1 aromatic carbocycles. The van der Waals surface area contributed by atoms with E-state index in [1.54, 1.807) is 26.1 Å². The third-order valence-electron chi connectivity index (χ3n) is 3.57. The van der Waals surface area contributed by atoms with Gasteiger partial charge in [0.15, 0.2) is 0 Å². The second-order valence-electron chi connectivity index (χ2n) is 5.22. The van der Waals surface area contributed by atoms with Gasteiger partial charge in [-0.1, -0.05) is 0 Å². The number of aromatic amines is 1. The third kappa shape index (κ3) is 3.33. The average Bonchev–Trinajstić information content (AvgIpc) is 3.03. The monoisotopic (exact) mass is 348 g/mol. The van der Waals surface area contributed by atoms with Crippen LogP contribution >= 0.6 is 0 Å². The van der Waals surface area contributed by atoms with Gasteiger partial charge in [-0.15, -0.1) is 0 Å². The molecule has 0 saturated carbocycles. The molecular formula is C17H15F3N4O. The summed E-state index contributed by atoms with van der Waals surface area (Å²) in [5, 5.41) is 0. The molecule has 0 aliphatic heterocycles. The molecular weight excluding hydrogens is 333 g/mol. The quantitative estimate of drug-likeness (QED) is 0.722. The molecule has 0 unspecified atom stereocenters. The molecule has 8 heteroatoms. The van der Waals surface area contributed by atoms with E-state index in [2.05, 4.69) is 19.9 Å². The van der Waals surface area contributed by atoms with Crippen molar-refractivity contribution in [2.75, 3.05) is 13.7 Å². The lowest BCUT2D eigenvalue weighted by atomic mass is 10.1.